The third kappa shape index (κ3) is 3.26. The predicted molar refractivity (Wildman–Crippen MR) is 87.3 cm³/mol. The van der Waals surface area contributed by atoms with Crippen LogP contribution < -0.4 is 16.4 Å². The summed E-state index contributed by atoms with van der Waals surface area (Å²) in [5.41, 5.74) is 12.5. The molecule has 1 aliphatic heterocycles. The molecule has 1 aromatic carbocycles. The molecule has 0 aliphatic carbocycles. The fourth-order valence-electron chi connectivity index (χ4n) is 2.34. The lowest BCUT2D eigenvalue weighted by atomic mass is 10.1. The van der Waals surface area contributed by atoms with Crippen LogP contribution in [0.3, 0.4) is 0 Å². The Morgan fingerprint density at radius 2 is 2.19 bits per heavy atom. The van der Waals surface area contributed by atoms with E-state index in [-0.39, 0.29) is 5.75 Å². The Balaban J connectivity index is 2.52. The lowest BCUT2D eigenvalue weighted by Crippen LogP contribution is -2.48. The number of carbonyl (C=O) groups is 1. The first kappa shape index (κ1) is 16.0. The number of sulfone groups is 1. The third-order valence-corrected chi connectivity index (χ3v) is 6.79. The van der Waals surface area contributed by atoms with Gasteiger partial charge in [0.05, 0.1) is 11.3 Å². The van der Waals surface area contributed by atoms with Crippen LogP contribution in [0.4, 0.5) is 11.4 Å². The van der Waals surface area contributed by atoms with E-state index in [1.54, 1.807) is 41.8 Å². The molecule has 1 atom stereocenters. The van der Waals surface area contributed by atoms with E-state index < -0.39 is 21.1 Å². The highest BCUT2D eigenvalue weighted by atomic mass is 32.2. The molecule has 1 heterocycles. The van der Waals surface area contributed by atoms with Gasteiger partial charge in [0.25, 0.3) is 5.91 Å². The summed E-state index contributed by atoms with van der Waals surface area (Å²) in [5.74, 6) is 0.741. The number of hydrogen-bond acceptors (Lipinski definition) is 6. The average molecular weight is 329 g/mol. The summed E-state index contributed by atoms with van der Waals surface area (Å²) in [5, 5.41) is -0.652. The molecule has 1 aliphatic rings. The van der Waals surface area contributed by atoms with Crippen molar-refractivity contribution in [2.45, 2.75) is 12.3 Å². The number of nitrogens with zero attached hydrogens (tertiary/aromatic N) is 1. The summed E-state index contributed by atoms with van der Waals surface area (Å²) in [6.45, 7) is 2.17. The molecule has 4 N–H and O–H groups in total. The van der Waals surface area contributed by atoms with Crippen LogP contribution in [0.2, 0.25) is 0 Å². The Kier molecular flexibility index (Phi) is 4.67. The number of anilines is 2. The van der Waals surface area contributed by atoms with Gasteiger partial charge >= 0.3 is 0 Å². The number of nitrogens with two attached hydrogens (primary N) is 2. The molecule has 2 rings (SSSR count). The maximum atomic E-state index is 12.3. The van der Waals surface area contributed by atoms with Crippen LogP contribution in [-0.2, 0) is 9.84 Å². The van der Waals surface area contributed by atoms with Crippen molar-refractivity contribution in [2.24, 2.45) is 5.73 Å². The van der Waals surface area contributed by atoms with Gasteiger partial charge in [-0.2, -0.15) is 11.8 Å². The van der Waals surface area contributed by atoms with Crippen LogP contribution in [0.25, 0.3) is 0 Å². The molecule has 1 saturated heterocycles. The van der Waals surface area contributed by atoms with Crippen LogP contribution in [-0.4, -0.2) is 43.5 Å². The zero-order chi connectivity index (χ0) is 15.6. The van der Waals surface area contributed by atoms with Crippen molar-refractivity contribution in [3.8, 4) is 0 Å². The summed E-state index contributed by atoms with van der Waals surface area (Å²) in [6, 6.07) is 4.75. The molecule has 6 nitrogen and oxygen atoms in total. The van der Waals surface area contributed by atoms with Gasteiger partial charge in [-0.25, -0.2) is 8.42 Å². The normalized spacial score (nSPS) is 19.5. The zero-order valence-corrected chi connectivity index (χ0v) is 13.4. The second-order valence-corrected chi connectivity index (χ2v) is 8.41. The smallest absolute Gasteiger partial charge is 0.250 e. The van der Waals surface area contributed by atoms with Crippen molar-refractivity contribution in [1.82, 2.24) is 0 Å². The minimum atomic E-state index is -3.26. The molecule has 0 radical (unpaired) electrons. The second-order valence-electron chi connectivity index (χ2n) is 4.82. The molecule has 0 spiro atoms. The van der Waals surface area contributed by atoms with Gasteiger partial charge in [0, 0.05) is 29.5 Å². The van der Waals surface area contributed by atoms with Gasteiger partial charge in [0.1, 0.15) is 5.37 Å². The first-order valence-electron chi connectivity index (χ1n) is 6.62. The number of thioether (sulfide) groups is 1. The van der Waals surface area contributed by atoms with Crippen LogP contribution in [0.15, 0.2) is 18.2 Å². The van der Waals surface area contributed by atoms with E-state index >= 15 is 0 Å². The molecule has 1 unspecified atom stereocenters. The van der Waals surface area contributed by atoms with Gasteiger partial charge in [-0.3, -0.25) is 4.79 Å². The van der Waals surface area contributed by atoms with Crippen LogP contribution in [0.1, 0.15) is 17.3 Å². The fourth-order valence-corrected chi connectivity index (χ4v) is 5.32. The van der Waals surface area contributed by atoms with Crippen molar-refractivity contribution in [1.29, 1.82) is 0 Å². The van der Waals surface area contributed by atoms with Crippen LogP contribution >= 0.6 is 11.8 Å². The first-order chi connectivity index (χ1) is 9.86. The van der Waals surface area contributed by atoms with Gasteiger partial charge < -0.3 is 16.4 Å². The Labute approximate surface area is 128 Å². The number of hydrogen-bond donors (Lipinski definition) is 2. The predicted octanol–water partition coefficient (Wildman–Crippen LogP) is 0.682. The summed E-state index contributed by atoms with van der Waals surface area (Å²) < 4.78 is 24.6. The van der Waals surface area contributed by atoms with E-state index in [0.29, 0.717) is 29.2 Å². The molecule has 0 saturated carbocycles. The topological polar surface area (TPSA) is 106 Å². The number of nitrogen functional groups attached to an aromatic ring is 1. The fraction of sp³-hybridized carbons (Fsp3) is 0.462. The van der Waals surface area contributed by atoms with E-state index in [9.17, 15) is 13.2 Å². The molecule has 1 fully saturated rings. The highest BCUT2D eigenvalue weighted by molar-refractivity contribution is 8.01. The van der Waals surface area contributed by atoms with Crippen LogP contribution in [0, 0.1) is 0 Å². The van der Waals surface area contributed by atoms with Gasteiger partial charge in [-0.15, -0.1) is 0 Å². The minimum Gasteiger partial charge on any atom is -0.399 e. The molecule has 116 valence electrons. The minimum absolute atomic E-state index is 0.0585. The Morgan fingerprint density at radius 1 is 1.48 bits per heavy atom. The molecular formula is C13H19N3O3S2. The van der Waals surface area contributed by atoms with Crippen molar-refractivity contribution in [2.75, 3.05) is 34.4 Å². The average Bonchev–Trinajstić information content (AvgIpc) is 2.46. The molecule has 0 aromatic heterocycles. The standard InChI is InChI=1S/C13H19N3O3S2/c1-2-21(18,19)12-8-20-6-5-16(12)11-7-9(14)3-4-10(11)13(15)17/h3-4,7,12H,2,5-6,8,14H2,1H3,(H2,15,17). The van der Waals surface area contributed by atoms with E-state index in [1.807, 2.05) is 0 Å². The lowest BCUT2D eigenvalue weighted by molar-refractivity contribution is 0.100. The van der Waals surface area contributed by atoms with Gasteiger partial charge in [0.2, 0.25) is 0 Å². The molecule has 0 bridgehead atoms. The molecular weight excluding hydrogens is 310 g/mol. The Bertz CT molecular complexity index is 646. The Hall–Kier alpha value is -1.41. The highest BCUT2D eigenvalue weighted by Crippen LogP contribution is 2.31. The SMILES string of the molecule is CCS(=O)(=O)C1CSCCN1c1cc(N)ccc1C(N)=O. The monoisotopic (exact) mass is 329 g/mol. The number of primary amides is 1. The van der Waals surface area contributed by atoms with E-state index in [4.69, 9.17) is 11.5 Å². The number of amides is 1. The maximum Gasteiger partial charge on any atom is 0.250 e. The summed E-state index contributed by atoms with van der Waals surface area (Å²) in [4.78, 5) is 13.3. The quantitative estimate of drug-likeness (QED) is 0.787. The van der Waals surface area contributed by atoms with Crippen molar-refractivity contribution in [3.05, 3.63) is 23.8 Å². The highest BCUT2D eigenvalue weighted by Gasteiger charge is 2.34. The molecule has 21 heavy (non-hydrogen) atoms. The molecule has 8 heteroatoms. The van der Waals surface area contributed by atoms with Gasteiger partial charge in [-0.05, 0) is 18.2 Å². The first-order valence-corrected chi connectivity index (χ1v) is 9.49. The molecule has 1 amide bonds. The van der Waals surface area contributed by atoms with Crippen molar-refractivity contribution < 1.29 is 13.2 Å². The summed E-state index contributed by atoms with van der Waals surface area (Å²) >= 11 is 1.59. The van der Waals surface area contributed by atoms with Gasteiger partial charge in [0.15, 0.2) is 9.84 Å². The van der Waals surface area contributed by atoms with Gasteiger partial charge in [-0.1, -0.05) is 6.92 Å². The maximum absolute atomic E-state index is 12.3. The Morgan fingerprint density at radius 3 is 2.81 bits per heavy atom. The third-order valence-electron chi connectivity index (χ3n) is 3.50. The summed E-state index contributed by atoms with van der Waals surface area (Å²) in [6.07, 6.45) is 0. The van der Waals surface area contributed by atoms with E-state index in [2.05, 4.69) is 0 Å². The van der Waals surface area contributed by atoms with Crippen molar-refractivity contribution in [3.63, 3.8) is 0 Å². The van der Waals surface area contributed by atoms with E-state index in [1.165, 1.54) is 0 Å². The second kappa shape index (κ2) is 6.15. The number of benzene rings is 1. The van der Waals surface area contributed by atoms with E-state index in [0.717, 1.165) is 5.75 Å². The molecule has 1 aromatic rings. The van der Waals surface area contributed by atoms with Crippen molar-refractivity contribution >= 4 is 38.9 Å². The zero-order valence-electron chi connectivity index (χ0n) is 11.8. The lowest BCUT2D eigenvalue weighted by Gasteiger charge is -2.37. The van der Waals surface area contributed by atoms with Crippen LogP contribution in [0.5, 0.6) is 0 Å². The largest absolute Gasteiger partial charge is 0.399 e. The number of carbonyl (C=O) groups excluding carboxylic acids is 1. The summed E-state index contributed by atoms with van der Waals surface area (Å²) in [7, 11) is -3.26. The number of rotatable bonds is 4.